The third-order valence-corrected chi connectivity index (χ3v) is 7.84. The fourth-order valence-electron chi connectivity index (χ4n) is 3.00. The van der Waals surface area contributed by atoms with E-state index in [0.717, 1.165) is 0 Å². The predicted molar refractivity (Wildman–Crippen MR) is 111 cm³/mol. The van der Waals surface area contributed by atoms with E-state index in [1.807, 2.05) is 0 Å². The van der Waals surface area contributed by atoms with Gasteiger partial charge in [-0.15, -0.1) is 11.8 Å². The smallest absolute Gasteiger partial charge is 0.379 e. The number of benzene rings is 2. The lowest BCUT2D eigenvalue weighted by molar-refractivity contribution is -0.196. The van der Waals surface area contributed by atoms with Crippen molar-refractivity contribution in [3.05, 3.63) is 71.5 Å². The van der Waals surface area contributed by atoms with Crippen molar-refractivity contribution in [2.24, 2.45) is 0 Å². The third kappa shape index (κ3) is 3.92. The predicted octanol–water partition coefficient (Wildman–Crippen LogP) is 2.60. The van der Waals surface area contributed by atoms with Gasteiger partial charge in [-0.1, -0.05) is 18.2 Å². The molecule has 0 amide bonds. The quantitative estimate of drug-likeness (QED) is 0.481. The first-order valence-corrected chi connectivity index (χ1v) is 11.6. The van der Waals surface area contributed by atoms with Crippen molar-refractivity contribution in [2.75, 3.05) is 12.9 Å². The maximum atomic E-state index is 14.0. The molecule has 5 nitrogen and oxygen atoms in total. The molecule has 29 heavy (non-hydrogen) atoms. The summed E-state index contributed by atoms with van der Waals surface area (Å²) < 4.78 is 38.9. The summed E-state index contributed by atoms with van der Waals surface area (Å²) in [6.07, 6.45) is 1.76. The molecule has 1 heterocycles. The summed E-state index contributed by atoms with van der Waals surface area (Å²) in [6, 6.07) is 16.4. The van der Waals surface area contributed by atoms with Crippen LogP contribution in [0.15, 0.2) is 63.9 Å². The lowest BCUT2D eigenvalue weighted by Gasteiger charge is -2.20. The van der Waals surface area contributed by atoms with Gasteiger partial charge >= 0.3 is 5.55 Å². The summed E-state index contributed by atoms with van der Waals surface area (Å²) in [7, 11) is -3.63. The second kappa shape index (κ2) is 8.79. The second-order valence-corrected chi connectivity index (χ2v) is 9.12. The van der Waals surface area contributed by atoms with Crippen LogP contribution in [0.3, 0.4) is 0 Å². The molecule has 0 aliphatic carbocycles. The molecular weight excluding hydrogens is 410 g/mol. The van der Waals surface area contributed by atoms with Crippen LogP contribution >= 0.6 is 19.1 Å². The molecule has 1 atom stereocenters. The third-order valence-electron chi connectivity index (χ3n) is 4.24. The molecule has 0 saturated carbocycles. The zero-order valence-electron chi connectivity index (χ0n) is 15.9. The van der Waals surface area contributed by atoms with Gasteiger partial charge < -0.3 is 8.94 Å². The Bertz CT molecular complexity index is 1170. The SMILES string of the molecule is CCOP(=O)(c1ccccc1)c1c(SC)c(C#N)c(-c2ccc(F)cc2)oc1=[NH2+]. The molecule has 148 valence electrons. The number of thioether (sulfide) groups is 1. The molecule has 8 heteroatoms. The van der Waals surface area contributed by atoms with Gasteiger partial charge in [0.2, 0.25) is 0 Å². The van der Waals surface area contributed by atoms with Crippen LogP contribution in [0.5, 0.6) is 0 Å². The first-order chi connectivity index (χ1) is 14.0. The first kappa shape index (κ1) is 21.1. The van der Waals surface area contributed by atoms with Crippen molar-refractivity contribution in [3.63, 3.8) is 0 Å². The van der Waals surface area contributed by atoms with E-state index in [-0.39, 0.29) is 28.8 Å². The first-order valence-electron chi connectivity index (χ1n) is 8.76. The van der Waals surface area contributed by atoms with Gasteiger partial charge in [0.25, 0.3) is 7.37 Å². The summed E-state index contributed by atoms with van der Waals surface area (Å²) in [4.78, 5) is 0.413. The minimum atomic E-state index is -3.63. The van der Waals surface area contributed by atoms with Crippen molar-refractivity contribution in [2.45, 2.75) is 11.8 Å². The van der Waals surface area contributed by atoms with Gasteiger partial charge in [0.05, 0.1) is 11.5 Å². The molecule has 2 N–H and O–H groups in total. The number of nitrogens with two attached hydrogens (primary N) is 1. The number of nitriles is 1. The lowest BCUT2D eigenvalue weighted by atomic mass is 10.1. The van der Waals surface area contributed by atoms with Gasteiger partial charge in [-0.3, -0.25) is 4.57 Å². The average molecular weight is 429 g/mol. The fourth-order valence-corrected chi connectivity index (χ4v) is 6.45. The van der Waals surface area contributed by atoms with Crippen molar-refractivity contribution in [3.8, 4) is 17.4 Å². The van der Waals surface area contributed by atoms with Gasteiger partial charge in [0.15, 0.2) is 11.1 Å². The van der Waals surface area contributed by atoms with E-state index in [1.54, 1.807) is 43.5 Å². The number of hydrogen-bond acceptors (Lipinski definition) is 5. The summed E-state index contributed by atoms with van der Waals surface area (Å²) in [5.74, 6) is -0.221. The van der Waals surface area contributed by atoms with Crippen LogP contribution in [-0.2, 0) is 9.09 Å². The van der Waals surface area contributed by atoms with E-state index in [2.05, 4.69) is 6.07 Å². The average Bonchev–Trinajstić information content (AvgIpc) is 2.74. The van der Waals surface area contributed by atoms with Crippen LogP contribution in [-0.4, -0.2) is 12.9 Å². The highest BCUT2D eigenvalue weighted by Crippen LogP contribution is 2.47. The van der Waals surface area contributed by atoms with E-state index in [0.29, 0.717) is 15.8 Å². The molecule has 0 saturated heterocycles. The Hall–Kier alpha value is -2.65. The number of hydrogen-bond donors (Lipinski definition) is 1. The summed E-state index contributed by atoms with van der Waals surface area (Å²) in [5.41, 5.74) is 0.555. The Morgan fingerprint density at radius 2 is 1.86 bits per heavy atom. The van der Waals surface area contributed by atoms with E-state index in [4.69, 9.17) is 14.4 Å². The molecule has 3 rings (SSSR count). The molecule has 2 aromatic carbocycles. The Morgan fingerprint density at radius 3 is 2.41 bits per heavy atom. The van der Waals surface area contributed by atoms with Crippen molar-refractivity contribution in [1.82, 2.24) is 0 Å². The minimum absolute atomic E-state index is 0.103. The van der Waals surface area contributed by atoms with E-state index >= 15 is 0 Å². The monoisotopic (exact) mass is 429 g/mol. The summed E-state index contributed by atoms with van der Waals surface area (Å²) in [6.45, 7) is 1.92. The number of nitrogens with zero attached hydrogens (tertiary/aromatic N) is 1. The van der Waals surface area contributed by atoms with Crippen LogP contribution < -0.4 is 21.6 Å². The maximum absolute atomic E-state index is 14.0. The Morgan fingerprint density at radius 1 is 1.21 bits per heavy atom. The molecular formula is C21H19FN2O3PS+. The van der Waals surface area contributed by atoms with Crippen molar-refractivity contribution < 1.29 is 23.3 Å². The molecule has 0 aliphatic heterocycles. The van der Waals surface area contributed by atoms with Gasteiger partial charge in [0.1, 0.15) is 17.4 Å². The van der Waals surface area contributed by atoms with Gasteiger partial charge in [-0.05, 0) is 49.6 Å². The number of rotatable bonds is 6. The highest BCUT2D eigenvalue weighted by molar-refractivity contribution is 7.99. The van der Waals surface area contributed by atoms with Crippen LogP contribution in [0.25, 0.3) is 11.3 Å². The van der Waals surface area contributed by atoms with Gasteiger partial charge in [-0.2, -0.15) is 5.26 Å². The van der Waals surface area contributed by atoms with Gasteiger partial charge in [0, 0.05) is 10.9 Å². The fraction of sp³-hybridized carbons (Fsp3) is 0.143. The maximum Gasteiger partial charge on any atom is 0.379 e. The molecule has 0 bridgehead atoms. The Kier molecular flexibility index (Phi) is 6.39. The summed E-state index contributed by atoms with van der Waals surface area (Å²) in [5, 5.41) is 16.7. The topological polar surface area (TPSA) is 88.8 Å². The van der Waals surface area contributed by atoms with Crippen molar-refractivity contribution in [1.29, 1.82) is 5.26 Å². The molecule has 0 fully saturated rings. The zero-order chi connectivity index (χ0) is 21.0. The standard InChI is InChI=1S/C21H18FN2O3PS/c1-3-26-28(25,16-7-5-4-6-8-16)19-20(29-2)17(13-23)18(27-21(19)24)14-9-11-15(22)12-10-14/h4-12,24H,3H2,1-2H3/p+1. The second-order valence-electron chi connectivity index (χ2n) is 5.98. The highest BCUT2D eigenvalue weighted by Gasteiger charge is 2.38. The molecule has 3 aromatic rings. The van der Waals surface area contributed by atoms with E-state index in [9.17, 15) is 14.2 Å². The molecule has 0 spiro atoms. The van der Waals surface area contributed by atoms with E-state index < -0.39 is 13.2 Å². The van der Waals surface area contributed by atoms with E-state index in [1.165, 1.54) is 36.0 Å². The molecule has 0 radical (unpaired) electrons. The number of halogens is 1. The normalized spacial score (nSPS) is 12.9. The van der Waals surface area contributed by atoms with Crippen LogP contribution in [0.1, 0.15) is 12.5 Å². The van der Waals surface area contributed by atoms with Crippen LogP contribution in [0.4, 0.5) is 4.39 Å². The molecule has 1 unspecified atom stereocenters. The molecule has 1 aromatic heterocycles. The van der Waals surface area contributed by atoms with Crippen LogP contribution in [0.2, 0.25) is 0 Å². The lowest BCUT2D eigenvalue weighted by Crippen LogP contribution is -2.54. The zero-order valence-corrected chi connectivity index (χ0v) is 17.6. The van der Waals surface area contributed by atoms with Gasteiger partial charge in [-0.25, -0.2) is 9.80 Å². The Balaban J connectivity index is 2.36. The minimum Gasteiger partial charge on any atom is -0.403 e. The Labute approximate surface area is 172 Å². The van der Waals surface area contributed by atoms with Crippen molar-refractivity contribution >= 4 is 29.7 Å². The largest absolute Gasteiger partial charge is 0.403 e. The molecule has 0 aliphatic rings. The van der Waals surface area contributed by atoms with Crippen LogP contribution in [0, 0.1) is 17.1 Å². The highest BCUT2D eigenvalue weighted by atomic mass is 32.2. The summed E-state index contributed by atoms with van der Waals surface area (Å²) >= 11 is 1.23.